The highest BCUT2D eigenvalue weighted by molar-refractivity contribution is 6.30. The van der Waals surface area contributed by atoms with Gasteiger partial charge in [-0.3, -0.25) is 0 Å². The second-order valence-electron chi connectivity index (χ2n) is 6.44. The van der Waals surface area contributed by atoms with E-state index in [0.29, 0.717) is 5.02 Å². The number of halogens is 1. The lowest BCUT2D eigenvalue weighted by Crippen LogP contribution is -2.51. The average molecular weight is 311 g/mol. The molecular formula is C16H23ClN2O2. The third-order valence-electron chi connectivity index (χ3n) is 3.33. The van der Waals surface area contributed by atoms with E-state index in [1.165, 1.54) is 0 Å². The molecule has 0 atom stereocenters. The Bertz CT molecular complexity index is 474. The number of carbonyl (C=O) groups excluding carboxylic acids is 1. The first kappa shape index (κ1) is 16.0. The van der Waals surface area contributed by atoms with Gasteiger partial charge in [-0.25, -0.2) is 4.79 Å². The van der Waals surface area contributed by atoms with E-state index in [2.05, 4.69) is 5.32 Å². The lowest BCUT2D eigenvalue weighted by atomic mass is 10.1. The van der Waals surface area contributed by atoms with Crippen molar-refractivity contribution < 1.29 is 9.53 Å². The van der Waals surface area contributed by atoms with Gasteiger partial charge in [0, 0.05) is 36.5 Å². The number of nitrogens with one attached hydrogen (secondary N) is 1. The molecule has 0 aromatic heterocycles. The third-order valence-corrected chi connectivity index (χ3v) is 3.58. The van der Waals surface area contributed by atoms with Gasteiger partial charge in [0.2, 0.25) is 0 Å². The van der Waals surface area contributed by atoms with E-state index in [-0.39, 0.29) is 17.7 Å². The summed E-state index contributed by atoms with van der Waals surface area (Å²) >= 11 is 5.85. The number of carbonyl (C=O) groups is 1. The van der Waals surface area contributed by atoms with Gasteiger partial charge in [-0.15, -0.1) is 0 Å². The maximum atomic E-state index is 12.1. The van der Waals surface area contributed by atoms with Crippen LogP contribution in [0.5, 0.6) is 5.75 Å². The van der Waals surface area contributed by atoms with Gasteiger partial charge in [-0.05, 0) is 45.0 Å². The number of likely N-dealkylation sites (tertiary alicyclic amines) is 1. The van der Waals surface area contributed by atoms with Crippen molar-refractivity contribution in [1.29, 1.82) is 0 Å². The number of nitrogens with zero attached hydrogens (tertiary/aromatic N) is 1. The molecule has 1 saturated heterocycles. The van der Waals surface area contributed by atoms with Crippen molar-refractivity contribution in [3.05, 3.63) is 29.3 Å². The molecule has 1 aromatic carbocycles. The molecule has 0 bridgehead atoms. The van der Waals surface area contributed by atoms with Crippen molar-refractivity contribution in [2.24, 2.45) is 0 Å². The van der Waals surface area contributed by atoms with Gasteiger partial charge >= 0.3 is 6.03 Å². The number of rotatable bonds is 2. The van der Waals surface area contributed by atoms with Crippen LogP contribution >= 0.6 is 11.6 Å². The molecule has 2 rings (SSSR count). The first-order chi connectivity index (χ1) is 9.83. The van der Waals surface area contributed by atoms with Crippen molar-refractivity contribution in [2.75, 3.05) is 13.1 Å². The SMILES string of the molecule is CC(C)(C)NC(=O)N1CCC(Oc2ccc(Cl)cc2)CC1. The Morgan fingerprint density at radius 1 is 1.24 bits per heavy atom. The second-order valence-corrected chi connectivity index (χ2v) is 6.87. The largest absolute Gasteiger partial charge is 0.490 e. The zero-order valence-electron chi connectivity index (χ0n) is 12.9. The minimum absolute atomic E-state index is 0.00689. The van der Waals surface area contributed by atoms with Crippen LogP contribution < -0.4 is 10.1 Å². The number of benzene rings is 1. The Morgan fingerprint density at radius 2 is 1.81 bits per heavy atom. The number of hydrogen-bond acceptors (Lipinski definition) is 2. The van der Waals surface area contributed by atoms with Crippen molar-refractivity contribution in [3.8, 4) is 5.75 Å². The highest BCUT2D eigenvalue weighted by Gasteiger charge is 2.25. The highest BCUT2D eigenvalue weighted by Crippen LogP contribution is 2.21. The maximum absolute atomic E-state index is 12.1. The van der Waals surface area contributed by atoms with Gasteiger partial charge in [0.05, 0.1) is 0 Å². The molecule has 0 aliphatic carbocycles. The van der Waals surface area contributed by atoms with Gasteiger partial charge in [0.25, 0.3) is 0 Å². The highest BCUT2D eigenvalue weighted by atomic mass is 35.5. The van der Waals surface area contributed by atoms with Crippen LogP contribution in [0.1, 0.15) is 33.6 Å². The molecule has 5 heteroatoms. The van der Waals surface area contributed by atoms with E-state index in [9.17, 15) is 4.79 Å². The van der Waals surface area contributed by atoms with Crippen LogP contribution in [0.25, 0.3) is 0 Å². The molecule has 0 radical (unpaired) electrons. The van der Waals surface area contributed by atoms with Crippen molar-refractivity contribution in [1.82, 2.24) is 10.2 Å². The minimum atomic E-state index is -0.201. The van der Waals surface area contributed by atoms with Crippen LogP contribution in [-0.4, -0.2) is 35.7 Å². The molecule has 1 N–H and O–H groups in total. The Morgan fingerprint density at radius 3 is 2.33 bits per heavy atom. The summed E-state index contributed by atoms with van der Waals surface area (Å²) in [5, 5.41) is 3.70. The monoisotopic (exact) mass is 310 g/mol. The molecule has 116 valence electrons. The van der Waals surface area contributed by atoms with E-state index in [1.54, 1.807) is 0 Å². The first-order valence-corrected chi connectivity index (χ1v) is 7.70. The standard InChI is InChI=1S/C16H23ClN2O2/c1-16(2,3)18-15(20)19-10-8-14(9-11-19)21-13-6-4-12(17)5-7-13/h4-7,14H,8-11H2,1-3H3,(H,18,20). The van der Waals surface area contributed by atoms with Crippen LogP contribution in [0.4, 0.5) is 4.79 Å². The molecule has 1 heterocycles. The van der Waals surface area contributed by atoms with E-state index in [1.807, 2.05) is 49.9 Å². The van der Waals surface area contributed by atoms with Crippen molar-refractivity contribution in [3.63, 3.8) is 0 Å². The molecule has 21 heavy (non-hydrogen) atoms. The van der Waals surface area contributed by atoms with E-state index in [0.717, 1.165) is 31.7 Å². The molecular weight excluding hydrogens is 288 g/mol. The molecule has 1 aliphatic heterocycles. The number of urea groups is 1. The zero-order valence-corrected chi connectivity index (χ0v) is 13.6. The van der Waals surface area contributed by atoms with Gasteiger partial charge in [-0.2, -0.15) is 0 Å². The van der Waals surface area contributed by atoms with Gasteiger partial charge in [0.15, 0.2) is 0 Å². The molecule has 1 aromatic rings. The fraction of sp³-hybridized carbons (Fsp3) is 0.562. The molecule has 0 unspecified atom stereocenters. The van der Waals surface area contributed by atoms with Crippen molar-refractivity contribution >= 4 is 17.6 Å². The third kappa shape index (κ3) is 5.12. The van der Waals surface area contributed by atoms with Gasteiger partial charge in [0.1, 0.15) is 11.9 Å². The van der Waals surface area contributed by atoms with E-state index in [4.69, 9.17) is 16.3 Å². The summed E-state index contributed by atoms with van der Waals surface area (Å²) in [5.74, 6) is 0.831. The summed E-state index contributed by atoms with van der Waals surface area (Å²) < 4.78 is 5.92. The molecule has 0 saturated carbocycles. The minimum Gasteiger partial charge on any atom is -0.490 e. The fourth-order valence-electron chi connectivity index (χ4n) is 2.28. The predicted octanol–water partition coefficient (Wildman–Crippen LogP) is 3.69. The number of amides is 2. The van der Waals surface area contributed by atoms with Crippen LogP contribution in [0.3, 0.4) is 0 Å². The lowest BCUT2D eigenvalue weighted by Gasteiger charge is -2.34. The van der Waals surface area contributed by atoms with E-state index < -0.39 is 0 Å². The summed E-state index contributed by atoms with van der Waals surface area (Å²) in [6.07, 6.45) is 1.85. The smallest absolute Gasteiger partial charge is 0.317 e. The molecule has 1 aliphatic rings. The quantitative estimate of drug-likeness (QED) is 0.905. The maximum Gasteiger partial charge on any atom is 0.317 e. The van der Waals surface area contributed by atoms with Gasteiger partial charge in [-0.1, -0.05) is 11.6 Å². The molecule has 1 fully saturated rings. The fourth-order valence-corrected chi connectivity index (χ4v) is 2.41. The van der Waals surface area contributed by atoms with Crippen LogP contribution in [0.15, 0.2) is 24.3 Å². The first-order valence-electron chi connectivity index (χ1n) is 7.33. The summed E-state index contributed by atoms with van der Waals surface area (Å²) in [6, 6.07) is 7.40. The number of piperidine rings is 1. The summed E-state index contributed by atoms with van der Waals surface area (Å²) in [7, 11) is 0. The predicted molar refractivity (Wildman–Crippen MR) is 85.0 cm³/mol. The lowest BCUT2D eigenvalue weighted by molar-refractivity contribution is 0.108. The zero-order chi connectivity index (χ0) is 15.5. The average Bonchev–Trinajstić information content (AvgIpc) is 2.40. The van der Waals surface area contributed by atoms with Crippen LogP contribution in [-0.2, 0) is 0 Å². The number of hydrogen-bond donors (Lipinski definition) is 1. The van der Waals surface area contributed by atoms with E-state index >= 15 is 0 Å². The number of ether oxygens (including phenoxy) is 1. The van der Waals surface area contributed by atoms with Crippen LogP contribution in [0, 0.1) is 0 Å². The van der Waals surface area contributed by atoms with Crippen molar-refractivity contribution in [2.45, 2.75) is 45.3 Å². The molecule has 2 amide bonds. The Hall–Kier alpha value is -1.42. The van der Waals surface area contributed by atoms with Gasteiger partial charge < -0.3 is 15.0 Å². The van der Waals surface area contributed by atoms with Crippen LogP contribution in [0.2, 0.25) is 5.02 Å². The normalized spacial score (nSPS) is 16.7. The Kier molecular flexibility index (Phi) is 4.99. The summed E-state index contributed by atoms with van der Waals surface area (Å²) in [4.78, 5) is 13.9. The topological polar surface area (TPSA) is 41.6 Å². The summed E-state index contributed by atoms with van der Waals surface area (Å²) in [5.41, 5.74) is -0.201. The Labute approximate surface area is 131 Å². The molecule has 4 nitrogen and oxygen atoms in total. The second kappa shape index (κ2) is 6.56. The Balaban J connectivity index is 1.80. The molecule has 0 spiro atoms. The summed E-state index contributed by atoms with van der Waals surface area (Å²) in [6.45, 7) is 7.41.